The second kappa shape index (κ2) is 2.61. The Morgan fingerprint density at radius 2 is 2.40 bits per heavy atom. The van der Waals surface area contributed by atoms with E-state index >= 15 is 0 Å². The zero-order chi connectivity index (χ0) is 10.6. The molecule has 2 aliphatic rings. The van der Waals surface area contributed by atoms with Crippen molar-refractivity contribution in [1.82, 2.24) is 10.2 Å². The van der Waals surface area contributed by atoms with Gasteiger partial charge in [0.1, 0.15) is 10.5 Å². The van der Waals surface area contributed by atoms with E-state index in [1.807, 2.05) is 24.1 Å². The lowest BCUT2D eigenvalue weighted by molar-refractivity contribution is -0.125. The van der Waals surface area contributed by atoms with Gasteiger partial charge >= 0.3 is 0 Å². The van der Waals surface area contributed by atoms with Crippen LogP contribution in [0.5, 0.6) is 0 Å². The Bertz CT molecular complexity index is 475. The predicted octanol–water partition coefficient (Wildman–Crippen LogP) is 1.46. The number of carbonyl (C=O) groups excluding carboxylic acids is 1. The summed E-state index contributed by atoms with van der Waals surface area (Å²) in [5.41, 5.74) is 0.715. The highest BCUT2D eigenvalue weighted by molar-refractivity contribution is 7.14. The Morgan fingerprint density at radius 1 is 1.60 bits per heavy atom. The van der Waals surface area contributed by atoms with Crippen molar-refractivity contribution < 1.29 is 4.79 Å². The number of amides is 1. The fourth-order valence-corrected chi connectivity index (χ4v) is 2.67. The van der Waals surface area contributed by atoms with Gasteiger partial charge in [-0.25, -0.2) is 4.99 Å². The first-order valence-electron chi connectivity index (χ1n) is 4.83. The zero-order valence-electron chi connectivity index (χ0n) is 8.57. The molecule has 0 saturated carbocycles. The highest BCUT2D eigenvalue weighted by atomic mass is 32.1. The number of nitrogens with one attached hydrogen (secondary N) is 1. The minimum atomic E-state index is -0.488. The summed E-state index contributed by atoms with van der Waals surface area (Å²) in [5, 5.41) is 5.87. The highest BCUT2D eigenvalue weighted by Crippen LogP contribution is 2.36. The molecule has 0 bridgehead atoms. The van der Waals surface area contributed by atoms with Gasteiger partial charge < -0.3 is 4.90 Å². The normalized spacial score (nSPS) is 21.9. The van der Waals surface area contributed by atoms with Gasteiger partial charge in [-0.15, -0.1) is 11.3 Å². The van der Waals surface area contributed by atoms with E-state index in [1.165, 1.54) is 5.56 Å². The molecular weight excluding hydrogens is 210 g/mol. The zero-order valence-corrected chi connectivity index (χ0v) is 9.39. The predicted molar refractivity (Wildman–Crippen MR) is 59.2 cm³/mol. The molecule has 78 valence electrons. The summed E-state index contributed by atoms with van der Waals surface area (Å²) >= 11 is 1.61. The van der Waals surface area contributed by atoms with Gasteiger partial charge in [0.2, 0.25) is 5.96 Å². The van der Waals surface area contributed by atoms with Crippen molar-refractivity contribution >= 4 is 28.2 Å². The minimum Gasteiger partial charge on any atom is -0.324 e. The van der Waals surface area contributed by atoms with Gasteiger partial charge in [-0.05, 0) is 25.3 Å². The van der Waals surface area contributed by atoms with Crippen molar-refractivity contribution in [2.24, 2.45) is 4.99 Å². The van der Waals surface area contributed by atoms with Gasteiger partial charge in [0.15, 0.2) is 0 Å². The van der Waals surface area contributed by atoms with E-state index in [4.69, 9.17) is 0 Å². The average molecular weight is 221 g/mol. The second-order valence-corrected chi connectivity index (χ2v) is 5.18. The summed E-state index contributed by atoms with van der Waals surface area (Å²) in [7, 11) is 0. The number of fused-ring (bicyclic) bond motifs is 2. The largest absolute Gasteiger partial charge is 0.324 e. The number of hydrogen-bond acceptors (Lipinski definition) is 4. The molecule has 1 aromatic rings. The summed E-state index contributed by atoms with van der Waals surface area (Å²) in [5.74, 6) is 0.719. The molecule has 0 radical (unpaired) electrons. The van der Waals surface area contributed by atoms with Crippen molar-refractivity contribution in [3.63, 3.8) is 0 Å². The topological polar surface area (TPSA) is 44.7 Å². The van der Waals surface area contributed by atoms with Gasteiger partial charge in [0.25, 0.3) is 5.91 Å². The number of nitrogens with zero attached hydrogens (tertiary/aromatic N) is 2. The molecule has 4 nitrogen and oxygen atoms in total. The lowest BCUT2D eigenvalue weighted by atomic mass is 10.0. The Kier molecular flexibility index (Phi) is 1.55. The molecular formula is C10H11N3OS. The van der Waals surface area contributed by atoms with Crippen molar-refractivity contribution in [1.29, 1.82) is 0 Å². The van der Waals surface area contributed by atoms with Gasteiger partial charge in [0.05, 0.1) is 0 Å². The first kappa shape index (κ1) is 8.91. The van der Waals surface area contributed by atoms with Crippen molar-refractivity contribution in [3.05, 3.63) is 17.0 Å². The van der Waals surface area contributed by atoms with E-state index in [-0.39, 0.29) is 5.91 Å². The monoisotopic (exact) mass is 221 g/mol. The van der Waals surface area contributed by atoms with E-state index in [0.29, 0.717) is 5.96 Å². The molecule has 1 saturated heterocycles. The molecule has 0 unspecified atom stereocenters. The third kappa shape index (κ3) is 1.07. The standard InChI is InChI=1S/C10H11N3OS/c1-10(2)8(14)12-9-11-7-6(3-4-15-7)5-13(9)10/h3-4H,5H2,1-2H3,(H,11,12,14). The molecule has 5 heteroatoms. The van der Waals surface area contributed by atoms with Crippen molar-refractivity contribution in [2.45, 2.75) is 25.9 Å². The van der Waals surface area contributed by atoms with Crippen LogP contribution in [-0.4, -0.2) is 22.3 Å². The maximum Gasteiger partial charge on any atom is 0.252 e. The maximum absolute atomic E-state index is 11.7. The number of guanidine groups is 1. The van der Waals surface area contributed by atoms with Gasteiger partial charge in [0, 0.05) is 12.1 Å². The number of rotatable bonds is 0. The maximum atomic E-state index is 11.7. The summed E-state index contributed by atoms with van der Waals surface area (Å²) in [6.45, 7) is 4.60. The van der Waals surface area contributed by atoms with Crippen LogP contribution in [0.3, 0.4) is 0 Å². The average Bonchev–Trinajstić information content (AvgIpc) is 2.69. The van der Waals surface area contributed by atoms with Crippen LogP contribution in [0.25, 0.3) is 0 Å². The number of hydrogen-bond donors (Lipinski definition) is 1. The molecule has 15 heavy (non-hydrogen) atoms. The van der Waals surface area contributed by atoms with Crippen LogP contribution < -0.4 is 5.32 Å². The number of aliphatic imine (C=N–C) groups is 1. The van der Waals surface area contributed by atoms with Crippen LogP contribution in [0.1, 0.15) is 19.4 Å². The van der Waals surface area contributed by atoms with E-state index in [1.54, 1.807) is 11.3 Å². The van der Waals surface area contributed by atoms with Crippen LogP contribution in [0.2, 0.25) is 0 Å². The van der Waals surface area contributed by atoms with Crippen LogP contribution in [-0.2, 0) is 11.3 Å². The first-order chi connectivity index (χ1) is 7.09. The van der Waals surface area contributed by atoms with Crippen LogP contribution >= 0.6 is 11.3 Å². The Morgan fingerprint density at radius 3 is 3.20 bits per heavy atom. The summed E-state index contributed by atoms with van der Waals surface area (Å²) in [4.78, 5) is 18.2. The van der Waals surface area contributed by atoms with E-state index in [0.717, 1.165) is 11.5 Å². The van der Waals surface area contributed by atoms with Crippen LogP contribution in [0, 0.1) is 0 Å². The Labute approximate surface area is 91.6 Å². The second-order valence-electron chi connectivity index (χ2n) is 4.29. The van der Waals surface area contributed by atoms with Crippen LogP contribution in [0.15, 0.2) is 16.4 Å². The van der Waals surface area contributed by atoms with E-state index in [2.05, 4.69) is 16.4 Å². The third-order valence-corrected chi connectivity index (χ3v) is 3.82. The fraction of sp³-hybridized carbons (Fsp3) is 0.400. The minimum absolute atomic E-state index is 0.0244. The molecule has 3 rings (SSSR count). The number of carbonyl (C=O) groups is 1. The first-order valence-corrected chi connectivity index (χ1v) is 5.71. The van der Waals surface area contributed by atoms with E-state index < -0.39 is 5.54 Å². The highest BCUT2D eigenvalue weighted by Gasteiger charge is 2.45. The Balaban J connectivity index is 2.10. The number of thiophene rings is 1. The molecule has 1 fully saturated rings. The van der Waals surface area contributed by atoms with Crippen LogP contribution in [0.4, 0.5) is 5.00 Å². The molecule has 1 aromatic heterocycles. The Hall–Kier alpha value is -1.36. The lowest BCUT2D eigenvalue weighted by Crippen LogP contribution is -2.44. The molecule has 0 spiro atoms. The third-order valence-electron chi connectivity index (χ3n) is 2.97. The van der Waals surface area contributed by atoms with Gasteiger partial charge in [-0.3, -0.25) is 10.1 Å². The molecule has 1 N–H and O–H groups in total. The summed E-state index contributed by atoms with van der Waals surface area (Å²) in [6, 6.07) is 2.07. The molecule has 3 heterocycles. The quantitative estimate of drug-likeness (QED) is 0.721. The lowest BCUT2D eigenvalue weighted by Gasteiger charge is -2.31. The van der Waals surface area contributed by atoms with Crippen molar-refractivity contribution in [2.75, 3.05) is 0 Å². The molecule has 1 amide bonds. The SMILES string of the molecule is CC1(C)C(=O)NC2=Nc3sccc3CN21. The smallest absolute Gasteiger partial charge is 0.252 e. The van der Waals surface area contributed by atoms with Gasteiger partial charge in [-0.2, -0.15) is 0 Å². The van der Waals surface area contributed by atoms with E-state index in [9.17, 15) is 4.79 Å². The molecule has 0 atom stereocenters. The van der Waals surface area contributed by atoms with Gasteiger partial charge in [-0.1, -0.05) is 0 Å². The van der Waals surface area contributed by atoms with Crippen molar-refractivity contribution in [3.8, 4) is 0 Å². The molecule has 0 aromatic carbocycles. The summed E-state index contributed by atoms with van der Waals surface area (Å²) < 4.78 is 0. The molecule has 0 aliphatic carbocycles. The fourth-order valence-electron chi connectivity index (χ4n) is 1.88. The molecule has 2 aliphatic heterocycles. The summed E-state index contributed by atoms with van der Waals surface area (Å²) in [6.07, 6.45) is 0.